The van der Waals surface area contributed by atoms with Gasteiger partial charge in [0.1, 0.15) is 12.2 Å². The Morgan fingerprint density at radius 1 is 1.15 bits per heavy atom. The zero-order chi connectivity index (χ0) is 18.7. The minimum atomic E-state index is -0.451. The van der Waals surface area contributed by atoms with Crippen LogP contribution >= 0.6 is 0 Å². The van der Waals surface area contributed by atoms with E-state index in [4.69, 9.17) is 9.47 Å². The van der Waals surface area contributed by atoms with E-state index in [0.717, 1.165) is 51.1 Å². The van der Waals surface area contributed by atoms with Gasteiger partial charge in [-0.3, -0.25) is 9.59 Å². The number of morpholine rings is 1. The second-order valence-electron chi connectivity index (χ2n) is 7.97. The van der Waals surface area contributed by atoms with Crippen molar-refractivity contribution in [2.75, 3.05) is 44.4 Å². The Bertz CT molecular complexity index is 674. The molecule has 4 rings (SSSR count). The molecular formula is C21H28N2O4. The third kappa shape index (κ3) is 4.17. The van der Waals surface area contributed by atoms with Crippen LogP contribution in [0.15, 0.2) is 30.3 Å². The van der Waals surface area contributed by atoms with E-state index < -0.39 is 5.60 Å². The number of piperidine rings is 1. The van der Waals surface area contributed by atoms with Gasteiger partial charge in [0, 0.05) is 31.9 Å². The molecule has 0 aromatic heterocycles. The van der Waals surface area contributed by atoms with Crippen LogP contribution in [0.5, 0.6) is 0 Å². The molecule has 6 nitrogen and oxygen atoms in total. The van der Waals surface area contributed by atoms with Gasteiger partial charge in [-0.25, -0.2) is 0 Å². The molecule has 0 bridgehead atoms. The summed E-state index contributed by atoms with van der Waals surface area (Å²) in [6.45, 7) is 3.48. The SMILES string of the molecule is O=C(CC1CCOCC1)N1CCCC2(C1)CN(c1ccccc1)C(=O)CO2. The van der Waals surface area contributed by atoms with Crippen LogP contribution in [-0.4, -0.2) is 61.8 Å². The van der Waals surface area contributed by atoms with Gasteiger partial charge in [-0.05, 0) is 43.7 Å². The number of rotatable bonds is 3. The first kappa shape index (κ1) is 18.4. The van der Waals surface area contributed by atoms with Gasteiger partial charge in [0.25, 0.3) is 5.91 Å². The molecule has 0 saturated carbocycles. The maximum Gasteiger partial charge on any atom is 0.253 e. The number of anilines is 1. The molecule has 1 unspecified atom stereocenters. The van der Waals surface area contributed by atoms with Crippen molar-refractivity contribution in [2.24, 2.45) is 5.92 Å². The quantitative estimate of drug-likeness (QED) is 0.816. The van der Waals surface area contributed by atoms with Crippen LogP contribution in [0.3, 0.4) is 0 Å². The molecule has 0 radical (unpaired) electrons. The lowest BCUT2D eigenvalue weighted by Crippen LogP contribution is -2.62. The molecule has 1 aromatic carbocycles. The number of carbonyl (C=O) groups is 2. The zero-order valence-corrected chi connectivity index (χ0v) is 15.8. The van der Waals surface area contributed by atoms with Gasteiger partial charge in [0.2, 0.25) is 5.91 Å². The Morgan fingerprint density at radius 3 is 2.70 bits per heavy atom. The molecule has 3 heterocycles. The predicted octanol–water partition coefficient (Wildman–Crippen LogP) is 2.23. The number of likely N-dealkylation sites (tertiary alicyclic amines) is 1. The molecule has 6 heteroatoms. The summed E-state index contributed by atoms with van der Waals surface area (Å²) in [4.78, 5) is 29.0. The predicted molar refractivity (Wildman–Crippen MR) is 101 cm³/mol. The number of nitrogens with zero attached hydrogens (tertiary/aromatic N) is 2. The topological polar surface area (TPSA) is 59.1 Å². The van der Waals surface area contributed by atoms with Crippen molar-refractivity contribution in [1.82, 2.24) is 4.90 Å². The van der Waals surface area contributed by atoms with Gasteiger partial charge in [-0.2, -0.15) is 0 Å². The minimum absolute atomic E-state index is 0.0162. The van der Waals surface area contributed by atoms with Crippen LogP contribution in [-0.2, 0) is 19.1 Å². The lowest BCUT2D eigenvalue weighted by molar-refractivity contribution is -0.154. The van der Waals surface area contributed by atoms with E-state index in [1.165, 1.54) is 0 Å². The number of para-hydroxylation sites is 1. The monoisotopic (exact) mass is 372 g/mol. The Hall–Kier alpha value is -1.92. The van der Waals surface area contributed by atoms with Crippen molar-refractivity contribution in [3.05, 3.63) is 30.3 Å². The summed E-state index contributed by atoms with van der Waals surface area (Å²) in [5.41, 5.74) is 0.448. The molecular weight excluding hydrogens is 344 g/mol. The maximum atomic E-state index is 12.9. The van der Waals surface area contributed by atoms with Crippen molar-refractivity contribution >= 4 is 17.5 Å². The highest BCUT2D eigenvalue weighted by atomic mass is 16.5. The maximum absolute atomic E-state index is 12.9. The van der Waals surface area contributed by atoms with Crippen LogP contribution in [0.2, 0.25) is 0 Å². The Labute approximate surface area is 160 Å². The highest BCUT2D eigenvalue weighted by Crippen LogP contribution is 2.32. The van der Waals surface area contributed by atoms with Crippen LogP contribution < -0.4 is 4.90 Å². The molecule has 27 heavy (non-hydrogen) atoms. The summed E-state index contributed by atoms with van der Waals surface area (Å²) in [6, 6.07) is 9.73. The fourth-order valence-corrected chi connectivity index (χ4v) is 4.44. The average Bonchev–Trinajstić information content (AvgIpc) is 2.72. The number of benzene rings is 1. The largest absolute Gasteiger partial charge is 0.381 e. The van der Waals surface area contributed by atoms with Gasteiger partial charge in [0.05, 0.1) is 13.1 Å². The summed E-state index contributed by atoms with van der Waals surface area (Å²) in [7, 11) is 0. The molecule has 1 aromatic rings. The molecule has 3 aliphatic rings. The molecule has 3 aliphatic heterocycles. The van der Waals surface area contributed by atoms with E-state index in [1.807, 2.05) is 40.1 Å². The highest BCUT2D eigenvalue weighted by Gasteiger charge is 2.44. The molecule has 3 saturated heterocycles. The lowest BCUT2D eigenvalue weighted by atomic mass is 9.89. The van der Waals surface area contributed by atoms with E-state index in [9.17, 15) is 9.59 Å². The normalized spacial score (nSPS) is 27.2. The molecule has 1 atom stereocenters. The molecule has 1 spiro atoms. The Kier molecular flexibility index (Phi) is 5.45. The van der Waals surface area contributed by atoms with E-state index in [1.54, 1.807) is 0 Å². The molecule has 146 valence electrons. The Balaban J connectivity index is 1.43. The summed E-state index contributed by atoms with van der Waals surface area (Å²) in [5, 5.41) is 0. The molecule has 2 amide bonds. The summed E-state index contributed by atoms with van der Waals surface area (Å²) in [5.74, 6) is 0.629. The standard InChI is InChI=1S/C21H28N2O4/c24-19(13-17-7-11-26-12-8-17)22-10-4-9-21(15-22)16-23(20(25)14-27-21)18-5-2-1-3-6-18/h1-3,5-6,17H,4,7-16H2. The average molecular weight is 372 g/mol. The van der Waals surface area contributed by atoms with Crippen molar-refractivity contribution in [3.8, 4) is 0 Å². The first-order valence-electron chi connectivity index (χ1n) is 10.0. The van der Waals surface area contributed by atoms with Gasteiger partial charge < -0.3 is 19.3 Å². The first-order valence-corrected chi connectivity index (χ1v) is 10.0. The zero-order valence-electron chi connectivity index (χ0n) is 15.8. The van der Waals surface area contributed by atoms with Crippen LogP contribution in [0.25, 0.3) is 0 Å². The second kappa shape index (κ2) is 7.98. The summed E-state index contributed by atoms with van der Waals surface area (Å²) >= 11 is 0. The third-order valence-corrected chi connectivity index (χ3v) is 6.01. The van der Waals surface area contributed by atoms with E-state index in [2.05, 4.69) is 0 Å². The summed E-state index contributed by atoms with van der Waals surface area (Å²) < 4.78 is 11.4. The van der Waals surface area contributed by atoms with Crippen molar-refractivity contribution in [2.45, 2.75) is 37.7 Å². The molecule has 0 N–H and O–H groups in total. The third-order valence-electron chi connectivity index (χ3n) is 6.01. The second-order valence-corrected chi connectivity index (χ2v) is 7.97. The molecule has 0 aliphatic carbocycles. The van der Waals surface area contributed by atoms with Gasteiger partial charge in [0.15, 0.2) is 0 Å². The summed E-state index contributed by atoms with van der Waals surface area (Å²) in [6.07, 6.45) is 4.33. The fourth-order valence-electron chi connectivity index (χ4n) is 4.44. The lowest BCUT2D eigenvalue weighted by Gasteiger charge is -2.47. The highest BCUT2D eigenvalue weighted by molar-refractivity contribution is 5.95. The smallest absolute Gasteiger partial charge is 0.253 e. The van der Waals surface area contributed by atoms with Gasteiger partial charge in [-0.1, -0.05) is 18.2 Å². The van der Waals surface area contributed by atoms with E-state index >= 15 is 0 Å². The van der Waals surface area contributed by atoms with E-state index in [0.29, 0.717) is 25.4 Å². The Morgan fingerprint density at radius 2 is 1.93 bits per heavy atom. The minimum Gasteiger partial charge on any atom is -0.381 e. The van der Waals surface area contributed by atoms with Crippen molar-refractivity contribution in [3.63, 3.8) is 0 Å². The van der Waals surface area contributed by atoms with Crippen molar-refractivity contribution in [1.29, 1.82) is 0 Å². The number of hydrogen-bond acceptors (Lipinski definition) is 4. The van der Waals surface area contributed by atoms with Crippen molar-refractivity contribution < 1.29 is 19.1 Å². The van der Waals surface area contributed by atoms with Gasteiger partial charge >= 0.3 is 0 Å². The van der Waals surface area contributed by atoms with Crippen LogP contribution in [0, 0.1) is 5.92 Å². The number of carbonyl (C=O) groups excluding carboxylic acids is 2. The number of hydrogen-bond donors (Lipinski definition) is 0. The number of amides is 2. The van der Waals surface area contributed by atoms with Crippen LogP contribution in [0.4, 0.5) is 5.69 Å². The van der Waals surface area contributed by atoms with Gasteiger partial charge in [-0.15, -0.1) is 0 Å². The number of ether oxygens (including phenoxy) is 2. The first-order chi connectivity index (χ1) is 13.2. The fraction of sp³-hybridized carbons (Fsp3) is 0.619. The van der Waals surface area contributed by atoms with Crippen LogP contribution in [0.1, 0.15) is 32.1 Å². The molecule has 3 fully saturated rings. The van der Waals surface area contributed by atoms with E-state index in [-0.39, 0.29) is 18.4 Å².